The fraction of sp³-hybridized carbons (Fsp3) is 0.206. The van der Waals surface area contributed by atoms with Crippen LogP contribution in [0, 0.1) is 0 Å². The van der Waals surface area contributed by atoms with Gasteiger partial charge in [-0.05, 0) is 77.7 Å². The summed E-state index contributed by atoms with van der Waals surface area (Å²) in [4.78, 5) is 24.1. The number of carbonyl (C=O) groups excluding carboxylic acids is 1. The van der Waals surface area contributed by atoms with Gasteiger partial charge < -0.3 is 24.8 Å². The second kappa shape index (κ2) is 10.3. The molecule has 1 amide bonds. The Morgan fingerprint density at radius 3 is 2.39 bits per heavy atom. The average molecular weight is 563 g/mol. The van der Waals surface area contributed by atoms with E-state index in [4.69, 9.17) is 11.6 Å². The summed E-state index contributed by atoms with van der Waals surface area (Å²) >= 11 is 6.39. The highest BCUT2D eigenvalue weighted by molar-refractivity contribution is 6.30. The van der Waals surface area contributed by atoms with Crippen molar-refractivity contribution in [3.63, 3.8) is 0 Å². The number of amides is 1. The minimum absolute atomic E-state index is 0.0704. The summed E-state index contributed by atoms with van der Waals surface area (Å²) in [5.74, 6) is 0.0295. The van der Waals surface area contributed by atoms with Gasteiger partial charge in [-0.3, -0.25) is 4.79 Å². The fourth-order valence-electron chi connectivity index (χ4n) is 6.13. The van der Waals surface area contributed by atoms with E-state index >= 15 is 0 Å². The van der Waals surface area contributed by atoms with Crippen LogP contribution in [-0.2, 0) is 6.54 Å². The number of aromatic amines is 1. The minimum atomic E-state index is -0.535. The molecule has 6 nitrogen and oxygen atoms in total. The Morgan fingerprint density at radius 1 is 0.854 bits per heavy atom. The monoisotopic (exact) mass is 562 g/mol. The van der Waals surface area contributed by atoms with Crippen LogP contribution < -0.4 is 4.90 Å². The molecule has 0 unspecified atom stereocenters. The van der Waals surface area contributed by atoms with Crippen LogP contribution in [0.3, 0.4) is 0 Å². The number of rotatable bonds is 5. The van der Waals surface area contributed by atoms with Gasteiger partial charge in [0.1, 0.15) is 11.8 Å². The van der Waals surface area contributed by atoms with Gasteiger partial charge in [-0.2, -0.15) is 0 Å². The van der Waals surface area contributed by atoms with Gasteiger partial charge in [-0.15, -0.1) is 0 Å². The summed E-state index contributed by atoms with van der Waals surface area (Å²) in [5.41, 5.74) is 7.36. The van der Waals surface area contributed by atoms with Crippen LogP contribution in [0.1, 0.15) is 33.2 Å². The number of hydrogen-bond donors (Lipinski definition) is 2. The molecular formula is C34H31ClN4O2. The van der Waals surface area contributed by atoms with Crippen LogP contribution in [0.25, 0.3) is 22.0 Å². The molecule has 3 heterocycles. The summed E-state index contributed by atoms with van der Waals surface area (Å²) in [5, 5.41) is 12.5. The highest BCUT2D eigenvalue weighted by Gasteiger charge is 2.36. The van der Waals surface area contributed by atoms with Crippen molar-refractivity contribution in [2.75, 3.05) is 38.1 Å². The second-order valence-corrected chi connectivity index (χ2v) is 11.5. The zero-order chi connectivity index (χ0) is 28.1. The standard InChI is InChI=1S/C34H31ClN4O2/c1-37-14-16-38(17-15-37)27-11-8-22(9-12-27)23-6-7-25-21-39(34(41)28(25)18-23)33(29-20-26(35)10-13-32(29)40)31-19-24-4-2-3-5-30(24)36-31/h2-13,18-20,33,36,40H,14-17,21H2,1H3/t33-/m1/s1. The Kier molecular flexibility index (Phi) is 6.45. The number of para-hydroxylation sites is 1. The van der Waals surface area contributed by atoms with Crippen molar-refractivity contribution in [1.29, 1.82) is 0 Å². The van der Waals surface area contributed by atoms with E-state index in [0.717, 1.165) is 59.5 Å². The van der Waals surface area contributed by atoms with E-state index in [9.17, 15) is 9.90 Å². The number of benzene rings is 4. The molecule has 2 aliphatic heterocycles. The predicted molar refractivity (Wildman–Crippen MR) is 165 cm³/mol. The number of aromatic hydroxyl groups is 1. The van der Waals surface area contributed by atoms with Crippen LogP contribution in [0.4, 0.5) is 5.69 Å². The third-order valence-corrected chi connectivity index (χ3v) is 8.69. The molecule has 2 N–H and O–H groups in total. The average Bonchev–Trinajstić information content (AvgIpc) is 3.56. The van der Waals surface area contributed by atoms with Crippen molar-refractivity contribution in [1.82, 2.24) is 14.8 Å². The Hall–Kier alpha value is -4.26. The molecule has 1 fully saturated rings. The predicted octanol–water partition coefficient (Wildman–Crippen LogP) is 6.69. The molecule has 4 aromatic carbocycles. The molecule has 1 saturated heterocycles. The molecular weight excluding hydrogens is 532 g/mol. The first-order chi connectivity index (χ1) is 19.9. The second-order valence-electron chi connectivity index (χ2n) is 11.1. The van der Waals surface area contributed by atoms with Gasteiger partial charge in [-0.1, -0.05) is 54.1 Å². The Morgan fingerprint density at radius 2 is 1.61 bits per heavy atom. The number of anilines is 1. The van der Waals surface area contributed by atoms with Gasteiger partial charge in [0.05, 0.1) is 0 Å². The number of hydrogen-bond acceptors (Lipinski definition) is 4. The molecule has 0 spiro atoms. The molecule has 0 bridgehead atoms. The van der Waals surface area contributed by atoms with Crippen molar-refractivity contribution in [3.8, 4) is 16.9 Å². The normalized spacial score (nSPS) is 16.4. The summed E-state index contributed by atoms with van der Waals surface area (Å²) in [6.07, 6.45) is 0. The molecule has 41 heavy (non-hydrogen) atoms. The highest BCUT2D eigenvalue weighted by atomic mass is 35.5. The number of phenols is 1. The lowest BCUT2D eigenvalue weighted by molar-refractivity contribution is 0.0727. The first-order valence-electron chi connectivity index (χ1n) is 14.0. The number of nitrogens with one attached hydrogen (secondary N) is 1. The van der Waals surface area contributed by atoms with Crippen molar-refractivity contribution in [2.45, 2.75) is 12.6 Å². The molecule has 7 rings (SSSR count). The maximum absolute atomic E-state index is 14.1. The molecule has 7 heteroatoms. The smallest absolute Gasteiger partial charge is 0.255 e. The number of piperazine rings is 1. The zero-order valence-electron chi connectivity index (χ0n) is 22.8. The Balaban J connectivity index is 1.22. The lowest BCUT2D eigenvalue weighted by Crippen LogP contribution is -2.44. The highest BCUT2D eigenvalue weighted by Crippen LogP contribution is 2.41. The number of halogens is 1. The summed E-state index contributed by atoms with van der Waals surface area (Å²) in [6, 6.07) is 29.3. The molecule has 2 aliphatic rings. The topological polar surface area (TPSA) is 62.8 Å². The number of likely N-dealkylation sites (N-methyl/N-ethyl adjacent to an activating group) is 1. The third-order valence-electron chi connectivity index (χ3n) is 8.45. The molecule has 0 aliphatic carbocycles. The van der Waals surface area contributed by atoms with E-state index in [1.165, 1.54) is 5.69 Å². The summed E-state index contributed by atoms with van der Waals surface area (Å²) in [6.45, 7) is 4.62. The minimum Gasteiger partial charge on any atom is -0.508 e. The summed E-state index contributed by atoms with van der Waals surface area (Å²) < 4.78 is 0. The van der Waals surface area contributed by atoms with Crippen molar-refractivity contribution >= 4 is 34.1 Å². The van der Waals surface area contributed by atoms with Gasteiger partial charge in [0.25, 0.3) is 5.91 Å². The van der Waals surface area contributed by atoms with Crippen LogP contribution in [0.15, 0.2) is 91.0 Å². The maximum Gasteiger partial charge on any atom is 0.255 e. The number of phenolic OH excluding ortho intramolecular Hbond substituents is 1. The van der Waals surface area contributed by atoms with Gasteiger partial charge in [0.15, 0.2) is 0 Å². The number of nitrogens with zero attached hydrogens (tertiary/aromatic N) is 3. The van der Waals surface area contributed by atoms with Crippen LogP contribution in [0.2, 0.25) is 5.02 Å². The van der Waals surface area contributed by atoms with Gasteiger partial charge in [-0.25, -0.2) is 0 Å². The van der Waals surface area contributed by atoms with Crippen molar-refractivity contribution in [2.24, 2.45) is 0 Å². The molecule has 1 atom stereocenters. The largest absolute Gasteiger partial charge is 0.508 e. The molecule has 5 aromatic rings. The lowest BCUT2D eigenvalue weighted by atomic mass is 10.00. The van der Waals surface area contributed by atoms with E-state index in [-0.39, 0.29) is 11.7 Å². The Labute approximate surface area is 244 Å². The van der Waals surface area contributed by atoms with E-state index < -0.39 is 6.04 Å². The lowest BCUT2D eigenvalue weighted by Gasteiger charge is -2.34. The van der Waals surface area contributed by atoms with Crippen LogP contribution in [0.5, 0.6) is 5.75 Å². The van der Waals surface area contributed by atoms with Crippen molar-refractivity contribution in [3.05, 3.63) is 118 Å². The van der Waals surface area contributed by atoms with E-state index in [2.05, 4.69) is 58.2 Å². The molecule has 0 saturated carbocycles. The molecule has 0 radical (unpaired) electrons. The van der Waals surface area contributed by atoms with E-state index in [0.29, 0.717) is 22.7 Å². The molecule has 1 aromatic heterocycles. The molecule has 206 valence electrons. The van der Waals surface area contributed by atoms with Gasteiger partial charge in [0, 0.05) is 65.8 Å². The maximum atomic E-state index is 14.1. The third kappa shape index (κ3) is 4.73. The number of H-pyrrole nitrogens is 1. The number of carbonyl (C=O) groups is 1. The number of fused-ring (bicyclic) bond motifs is 2. The first-order valence-corrected chi connectivity index (χ1v) is 14.4. The SMILES string of the molecule is CN1CCN(c2ccc(-c3ccc4c(c3)C(=O)N([C@@H](c3cc5ccccc5[nH]3)c3cc(Cl)ccc3O)C4)cc2)CC1. The van der Waals surface area contributed by atoms with Crippen LogP contribution >= 0.6 is 11.6 Å². The van der Waals surface area contributed by atoms with E-state index in [1.807, 2.05) is 41.3 Å². The zero-order valence-corrected chi connectivity index (χ0v) is 23.6. The fourth-order valence-corrected chi connectivity index (χ4v) is 6.31. The van der Waals surface area contributed by atoms with Crippen LogP contribution in [-0.4, -0.2) is 59.0 Å². The number of aromatic nitrogens is 1. The van der Waals surface area contributed by atoms with Crippen molar-refractivity contribution < 1.29 is 9.90 Å². The van der Waals surface area contributed by atoms with E-state index in [1.54, 1.807) is 18.2 Å². The van der Waals surface area contributed by atoms with Gasteiger partial charge >= 0.3 is 0 Å². The summed E-state index contributed by atoms with van der Waals surface area (Å²) in [7, 11) is 2.16. The first kappa shape index (κ1) is 25.7. The van der Waals surface area contributed by atoms with Gasteiger partial charge in [0.2, 0.25) is 0 Å². The Bertz CT molecular complexity index is 1720. The quantitative estimate of drug-likeness (QED) is 0.250.